The van der Waals surface area contributed by atoms with Gasteiger partial charge in [0.25, 0.3) is 0 Å². The first-order chi connectivity index (χ1) is 10.9. The van der Waals surface area contributed by atoms with Gasteiger partial charge < -0.3 is 5.11 Å². The molecule has 0 saturated heterocycles. The van der Waals surface area contributed by atoms with Crippen LogP contribution in [0, 0.1) is 34.5 Å². The summed E-state index contributed by atoms with van der Waals surface area (Å²) in [6.45, 7) is 9.46. The molecule has 23 heavy (non-hydrogen) atoms. The Labute approximate surface area is 142 Å². The summed E-state index contributed by atoms with van der Waals surface area (Å²) in [7, 11) is 0. The minimum absolute atomic E-state index is 0.158. The van der Waals surface area contributed by atoms with Crippen molar-refractivity contribution >= 4 is 0 Å². The smallest absolute Gasteiger partial charge is 0.0809 e. The second-order valence-electron chi connectivity index (χ2n) is 10.1. The Kier molecular flexibility index (Phi) is 3.76. The van der Waals surface area contributed by atoms with Gasteiger partial charge in [-0.3, -0.25) is 0 Å². The predicted molar refractivity (Wildman–Crippen MR) is 96.1 cm³/mol. The Morgan fingerprint density at radius 2 is 1.70 bits per heavy atom. The number of allylic oxidation sites excluding steroid dienone is 1. The molecule has 0 amide bonds. The van der Waals surface area contributed by atoms with E-state index in [2.05, 4.69) is 27.7 Å². The molecule has 0 aliphatic heterocycles. The summed E-state index contributed by atoms with van der Waals surface area (Å²) in [6.07, 6.45) is 12.4. The molecule has 4 saturated carbocycles. The standard InChI is InChI=1S/C22H36O/c1-14(2)17-13-19-16-9-8-15-7-5-6-11-21(15,3)18(16)10-12-22(19,4)20(17)23/h15-16,18-20,23H,5-13H2,1-4H3/t15-,16+,18-,19+,20+,21-,22-/m0/s1. The molecule has 0 bridgehead atoms. The zero-order valence-electron chi connectivity index (χ0n) is 15.7. The van der Waals surface area contributed by atoms with Gasteiger partial charge in [-0.15, -0.1) is 0 Å². The van der Waals surface area contributed by atoms with E-state index < -0.39 is 0 Å². The Balaban J connectivity index is 1.68. The van der Waals surface area contributed by atoms with E-state index in [0.29, 0.717) is 5.41 Å². The average Bonchev–Trinajstić information content (AvgIpc) is 2.79. The SMILES string of the molecule is CC(C)=C1C[C@@H]2[C@@H]3CC[C@@H]4CCCC[C@]4(C)[C@H]3CC[C@]2(C)[C@@H]1O. The first kappa shape index (κ1) is 16.2. The van der Waals surface area contributed by atoms with Gasteiger partial charge in [-0.2, -0.15) is 0 Å². The monoisotopic (exact) mass is 316 g/mol. The maximum Gasteiger partial charge on any atom is 0.0809 e. The second-order valence-corrected chi connectivity index (χ2v) is 10.1. The fourth-order valence-corrected chi connectivity index (χ4v) is 7.59. The van der Waals surface area contributed by atoms with Gasteiger partial charge in [-0.25, -0.2) is 0 Å². The third kappa shape index (κ3) is 2.14. The van der Waals surface area contributed by atoms with Gasteiger partial charge in [0.2, 0.25) is 0 Å². The molecule has 1 N–H and O–H groups in total. The average molecular weight is 317 g/mol. The van der Waals surface area contributed by atoms with Crippen LogP contribution in [-0.4, -0.2) is 11.2 Å². The summed E-state index contributed by atoms with van der Waals surface area (Å²) in [5, 5.41) is 11.0. The summed E-state index contributed by atoms with van der Waals surface area (Å²) in [5.74, 6) is 3.54. The van der Waals surface area contributed by atoms with Crippen molar-refractivity contribution in [3.8, 4) is 0 Å². The van der Waals surface area contributed by atoms with E-state index in [4.69, 9.17) is 0 Å². The number of hydrogen-bond acceptors (Lipinski definition) is 1. The van der Waals surface area contributed by atoms with E-state index in [9.17, 15) is 5.11 Å². The van der Waals surface area contributed by atoms with Crippen LogP contribution in [0.3, 0.4) is 0 Å². The predicted octanol–water partition coefficient (Wildman–Crippen LogP) is 5.73. The van der Waals surface area contributed by atoms with Crippen molar-refractivity contribution in [1.82, 2.24) is 0 Å². The lowest BCUT2D eigenvalue weighted by molar-refractivity contribution is -0.119. The molecule has 0 aromatic rings. The molecule has 0 heterocycles. The fourth-order valence-electron chi connectivity index (χ4n) is 7.59. The zero-order chi connectivity index (χ0) is 16.4. The molecule has 0 aromatic heterocycles. The molecule has 7 atom stereocenters. The van der Waals surface area contributed by atoms with Crippen LogP contribution < -0.4 is 0 Å². The fraction of sp³-hybridized carbons (Fsp3) is 0.909. The number of fused-ring (bicyclic) bond motifs is 5. The largest absolute Gasteiger partial charge is 0.388 e. The molecule has 0 aromatic carbocycles. The molecular formula is C22H36O. The van der Waals surface area contributed by atoms with Crippen molar-refractivity contribution in [3.05, 3.63) is 11.1 Å². The highest BCUT2D eigenvalue weighted by Gasteiger charge is 2.60. The molecule has 4 aliphatic carbocycles. The van der Waals surface area contributed by atoms with Crippen LogP contribution in [0.4, 0.5) is 0 Å². The molecule has 1 nitrogen and oxygen atoms in total. The molecular weight excluding hydrogens is 280 g/mol. The van der Waals surface area contributed by atoms with Crippen LogP contribution in [0.25, 0.3) is 0 Å². The van der Waals surface area contributed by atoms with Crippen LogP contribution in [0.1, 0.15) is 85.5 Å². The van der Waals surface area contributed by atoms with Crippen molar-refractivity contribution in [3.63, 3.8) is 0 Å². The van der Waals surface area contributed by atoms with Gasteiger partial charge in [-0.05, 0) is 93.5 Å². The highest BCUT2D eigenvalue weighted by Crippen LogP contribution is 2.67. The van der Waals surface area contributed by atoms with Crippen LogP contribution in [0.2, 0.25) is 0 Å². The Bertz CT molecular complexity index is 516. The second kappa shape index (κ2) is 5.35. The molecule has 0 unspecified atom stereocenters. The van der Waals surface area contributed by atoms with E-state index in [1.54, 1.807) is 0 Å². The van der Waals surface area contributed by atoms with Gasteiger partial charge >= 0.3 is 0 Å². The first-order valence-corrected chi connectivity index (χ1v) is 10.2. The van der Waals surface area contributed by atoms with E-state index in [1.807, 2.05) is 0 Å². The molecule has 4 fully saturated rings. The third-order valence-electron chi connectivity index (χ3n) is 9.06. The summed E-state index contributed by atoms with van der Waals surface area (Å²) >= 11 is 0. The molecule has 1 heteroatoms. The Hall–Kier alpha value is -0.300. The minimum atomic E-state index is -0.171. The third-order valence-corrected chi connectivity index (χ3v) is 9.06. The molecule has 4 aliphatic rings. The van der Waals surface area contributed by atoms with Crippen LogP contribution in [0.5, 0.6) is 0 Å². The van der Waals surface area contributed by atoms with Crippen LogP contribution in [-0.2, 0) is 0 Å². The topological polar surface area (TPSA) is 20.2 Å². The molecule has 130 valence electrons. The first-order valence-electron chi connectivity index (χ1n) is 10.2. The van der Waals surface area contributed by atoms with Crippen molar-refractivity contribution in [2.24, 2.45) is 34.5 Å². The molecule has 4 rings (SSSR count). The van der Waals surface area contributed by atoms with E-state index in [-0.39, 0.29) is 11.5 Å². The number of aliphatic hydroxyl groups excluding tert-OH is 1. The zero-order valence-corrected chi connectivity index (χ0v) is 15.7. The maximum atomic E-state index is 11.0. The summed E-state index contributed by atoms with van der Waals surface area (Å²) in [5.41, 5.74) is 3.53. The highest BCUT2D eigenvalue weighted by atomic mass is 16.3. The normalized spacial score (nSPS) is 52.6. The Morgan fingerprint density at radius 1 is 0.913 bits per heavy atom. The lowest BCUT2D eigenvalue weighted by Crippen LogP contribution is -2.53. The van der Waals surface area contributed by atoms with E-state index >= 15 is 0 Å². The maximum absolute atomic E-state index is 11.0. The van der Waals surface area contributed by atoms with Crippen molar-refractivity contribution in [2.45, 2.75) is 91.6 Å². The summed E-state index contributed by atoms with van der Waals surface area (Å²) in [4.78, 5) is 0. The lowest BCUT2D eigenvalue weighted by atomic mass is 9.45. The van der Waals surface area contributed by atoms with Crippen molar-refractivity contribution in [1.29, 1.82) is 0 Å². The van der Waals surface area contributed by atoms with E-state index in [0.717, 1.165) is 23.7 Å². The number of rotatable bonds is 0. The molecule has 0 spiro atoms. The number of aliphatic hydroxyl groups is 1. The van der Waals surface area contributed by atoms with Crippen LogP contribution >= 0.6 is 0 Å². The molecule has 0 radical (unpaired) electrons. The van der Waals surface area contributed by atoms with E-state index in [1.165, 1.54) is 68.9 Å². The number of hydrogen-bond donors (Lipinski definition) is 1. The van der Waals surface area contributed by atoms with Gasteiger partial charge in [0.1, 0.15) is 0 Å². The summed E-state index contributed by atoms with van der Waals surface area (Å²) < 4.78 is 0. The van der Waals surface area contributed by atoms with Gasteiger partial charge in [0, 0.05) is 5.41 Å². The van der Waals surface area contributed by atoms with Gasteiger partial charge in [0.05, 0.1) is 6.10 Å². The van der Waals surface area contributed by atoms with Gasteiger partial charge in [0.15, 0.2) is 0 Å². The summed E-state index contributed by atoms with van der Waals surface area (Å²) in [6, 6.07) is 0. The lowest BCUT2D eigenvalue weighted by Gasteiger charge is -2.60. The highest BCUT2D eigenvalue weighted by molar-refractivity contribution is 5.27. The van der Waals surface area contributed by atoms with Crippen molar-refractivity contribution in [2.75, 3.05) is 0 Å². The van der Waals surface area contributed by atoms with Crippen molar-refractivity contribution < 1.29 is 5.11 Å². The van der Waals surface area contributed by atoms with Crippen LogP contribution in [0.15, 0.2) is 11.1 Å². The van der Waals surface area contributed by atoms with Gasteiger partial charge in [-0.1, -0.05) is 32.3 Å². The Morgan fingerprint density at radius 3 is 2.43 bits per heavy atom. The minimum Gasteiger partial charge on any atom is -0.388 e. The quantitative estimate of drug-likeness (QED) is 0.566.